The molecule has 0 aromatic heterocycles. The number of anilines is 2. The minimum Gasteiger partial charge on any atom is -0.306 e. The van der Waals surface area contributed by atoms with Crippen molar-refractivity contribution in [3.63, 3.8) is 0 Å². The van der Waals surface area contributed by atoms with Crippen LogP contribution in [0.5, 0.6) is 0 Å². The Labute approximate surface area is 114 Å². The lowest BCUT2D eigenvalue weighted by molar-refractivity contribution is -0.124. The maximum atomic E-state index is 12.3. The Morgan fingerprint density at radius 3 is 2.21 bits per heavy atom. The van der Waals surface area contributed by atoms with Crippen molar-refractivity contribution in [3.05, 3.63) is 24.3 Å². The maximum Gasteiger partial charge on any atom is 0.247 e. The van der Waals surface area contributed by atoms with E-state index in [-0.39, 0.29) is 30.3 Å². The Balaban J connectivity index is 2.50. The van der Waals surface area contributed by atoms with E-state index in [2.05, 4.69) is 0 Å². The third-order valence-electron chi connectivity index (χ3n) is 3.27. The molecule has 4 heteroatoms. The van der Waals surface area contributed by atoms with E-state index in [1.165, 1.54) is 0 Å². The molecule has 2 rings (SSSR count). The van der Waals surface area contributed by atoms with E-state index in [9.17, 15) is 9.59 Å². The summed E-state index contributed by atoms with van der Waals surface area (Å²) in [4.78, 5) is 27.9. The fraction of sp³-hybridized carbons (Fsp3) is 0.467. The predicted octanol–water partition coefficient (Wildman–Crippen LogP) is 2.43. The molecule has 102 valence electrons. The Morgan fingerprint density at radius 1 is 1.11 bits per heavy atom. The summed E-state index contributed by atoms with van der Waals surface area (Å²) in [6, 6.07) is 7.67. The van der Waals surface area contributed by atoms with Crippen LogP contribution in [0, 0.1) is 5.92 Å². The van der Waals surface area contributed by atoms with Crippen LogP contribution in [-0.4, -0.2) is 24.4 Å². The Morgan fingerprint density at radius 2 is 1.68 bits per heavy atom. The summed E-state index contributed by atoms with van der Waals surface area (Å²) in [7, 11) is 0. The molecule has 1 aliphatic heterocycles. The standard InChI is InChI=1S/C15H20N2O2/c1-10(2)15(19)16-9-14(18)17(11(3)4)13-8-6-5-7-12(13)16/h5-8,10-11H,9H2,1-4H3. The van der Waals surface area contributed by atoms with Gasteiger partial charge in [0, 0.05) is 12.0 Å². The van der Waals surface area contributed by atoms with Crippen molar-refractivity contribution >= 4 is 23.2 Å². The summed E-state index contributed by atoms with van der Waals surface area (Å²) in [5.74, 6) is -0.154. The number of fused-ring (bicyclic) bond motifs is 1. The lowest BCUT2D eigenvalue weighted by Gasteiger charge is -2.38. The summed E-state index contributed by atoms with van der Waals surface area (Å²) in [6.07, 6.45) is 0. The summed E-state index contributed by atoms with van der Waals surface area (Å²) in [6.45, 7) is 7.80. The highest BCUT2D eigenvalue weighted by atomic mass is 16.2. The van der Waals surface area contributed by atoms with Crippen molar-refractivity contribution < 1.29 is 9.59 Å². The number of benzene rings is 1. The lowest BCUT2D eigenvalue weighted by atomic mass is 10.1. The third-order valence-corrected chi connectivity index (χ3v) is 3.27. The quantitative estimate of drug-likeness (QED) is 0.819. The van der Waals surface area contributed by atoms with Crippen molar-refractivity contribution in [2.24, 2.45) is 5.92 Å². The van der Waals surface area contributed by atoms with E-state index in [4.69, 9.17) is 0 Å². The molecule has 19 heavy (non-hydrogen) atoms. The lowest BCUT2D eigenvalue weighted by Crippen LogP contribution is -2.51. The molecule has 4 nitrogen and oxygen atoms in total. The zero-order chi connectivity index (χ0) is 14.2. The molecule has 0 bridgehead atoms. The molecular weight excluding hydrogens is 240 g/mol. The topological polar surface area (TPSA) is 40.6 Å². The minimum atomic E-state index is -0.119. The van der Waals surface area contributed by atoms with Crippen LogP contribution in [0.4, 0.5) is 11.4 Å². The first-order chi connectivity index (χ1) is 8.93. The van der Waals surface area contributed by atoms with Gasteiger partial charge in [-0.15, -0.1) is 0 Å². The first-order valence-corrected chi connectivity index (χ1v) is 6.66. The van der Waals surface area contributed by atoms with Gasteiger partial charge in [-0.05, 0) is 26.0 Å². The van der Waals surface area contributed by atoms with Crippen LogP contribution in [-0.2, 0) is 9.59 Å². The molecule has 0 atom stereocenters. The number of hydrogen-bond donors (Lipinski definition) is 0. The Kier molecular flexibility index (Phi) is 3.60. The smallest absolute Gasteiger partial charge is 0.247 e. The number of para-hydroxylation sites is 2. The average molecular weight is 260 g/mol. The molecule has 1 aliphatic rings. The first-order valence-electron chi connectivity index (χ1n) is 6.66. The van der Waals surface area contributed by atoms with Gasteiger partial charge in [-0.1, -0.05) is 26.0 Å². The molecular formula is C15H20N2O2. The van der Waals surface area contributed by atoms with Gasteiger partial charge in [-0.2, -0.15) is 0 Å². The van der Waals surface area contributed by atoms with E-state index in [1.54, 1.807) is 9.80 Å². The second-order valence-electron chi connectivity index (χ2n) is 5.43. The summed E-state index contributed by atoms with van der Waals surface area (Å²) in [5.41, 5.74) is 1.65. The van der Waals surface area contributed by atoms with Gasteiger partial charge < -0.3 is 9.80 Å². The second-order valence-corrected chi connectivity index (χ2v) is 5.43. The molecule has 1 aromatic rings. The molecule has 1 aromatic carbocycles. The van der Waals surface area contributed by atoms with E-state index < -0.39 is 0 Å². The summed E-state index contributed by atoms with van der Waals surface area (Å²) in [5, 5.41) is 0. The van der Waals surface area contributed by atoms with Crippen LogP contribution < -0.4 is 9.80 Å². The van der Waals surface area contributed by atoms with Gasteiger partial charge in [0.2, 0.25) is 11.8 Å². The molecule has 0 saturated heterocycles. The molecule has 2 amide bonds. The molecule has 0 aliphatic carbocycles. The van der Waals surface area contributed by atoms with Crippen molar-refractivity contribution in [1.82, 2.24) is 0 Å². The van der Waals surface area contributed by atoms with Gasteiger partial charge in [-0.25, -0.2) is 0 Å². The Bertz CT molecular complexity index is 509. The first kappa shape index (κ1) is 13.6. The number of amides is 2. The van der Waals surface area contributed by atoms with Crippen LogP contribution in [0.1, 0.15) is 27.7 Å². The number of hydrogen-bond acceptors (Lipinski definition) is 2. The normalized spacial score (nSPS) is 15.2. The zero-order valence-corrected chi connectivity index (χ0v) is 11.9. The highest BCUT2D eigenvalue weighted by Crippen LogP contribution is 2.35. The molecule has 0 saturated carbocycles. The van der Waals surface area contributed by atoms with Crippen molar-refractivity contribution in [1.29, 1.82) is 0 Å². The van der Waals surface area contributed by atoms with E-state index in [0.29, 0.717) is 0 Å². The van der Waals surface area contributed by atoms with Crippen LogP contribution in [0.2, 0.25) is 0 Å². The Hall–Kier alpha value is -1.84. The molecule has 1 heterocycles. The molecule has 0 fully saturated rings. The maximum absolute atomic E-state index is 12.3. The largest absolute Gasteiger partial charge is 0.306 e. The fourth-order valence-corrected chi connectivity index (χ4v) is 2.40. The molecule has 0 N–H and O–H groups in total. The van der Waals surface area contributed by atoms with Crippen molar-refractivity contribution in [3.8, 4) is 0 Å². The van der Waals surface area contributed by atoms with Gasteiger partial charge in [0.25, 0.3) is 0 Å². The van der Waals surface area contributed by atoms with Gasteiger partial charge in [0.1, 0.15) is 6.54 Å². The summed E-state index contributed by atoms with van der Waals surface area (Å²) < 4.78 is 0. The van der Waals surface area contributed by atoms with Gasteiger partial charge in [-0.3, -0.25) is 9.59 Å². The average Bonchev–Trinajstić information content (AvgIpc) is 2.36. The minimum absolute atomic E-state index is 0.00999. The third kappa shape index (κ3) is 2.35. The van der Waals surface area contributed by atoms with Gasteiger partial charge in [0.05, 0.1) is 11.4 Å². The van der Waals surface area contributed by atoms with E-state index >= 15 is 0 Å². The van der Waals surface area contributed by atoms with Crippen molar-refractivity contribution in [2.45, 2.75) is 33.7 Å². The highest BCUT2D eigenvalue weighted by molar-refractivity contribution is 6.11. The second kappa shape index (κ2) is 5.03. The van der Waals surface area contributed by atoms with E-state index in [1.807, 2.05) is 52.0 Å². The molecule has 0 spiro atoms. The number of carbonyl (C=O) groups is 2. The fourth-order valence-electron chi connectivity index (χ4n) is 2.40. The summed E-state index contributed by atoms with van der Waals surface area (Å²) >= 11 is 0. The van der Waals surface area contributed by atoms with Crippen LogP contribution in [0.15, 0.2) is 24.3 Å². The van der Waals surface area contributed by atoms with Crippen LogP contribution >= 0.6 is 0 Å². The molecule has 0 radical (unpaired) electrons. The van der Waals surface area contributed by atoms with Gasteiger partial charge in [0.15, 0.2) is 0 Å². The molecule has 0 unspecified atom stereocenters. The number of carbonyl (C=O) groups excluding carboxylic acids is 2. The number of nitrogens with zero attached hydrogens (tertiary/aromatic N) is 2. The van der Waals surface area contributed by atoms with Crippen LogP contribution in [0.3, 0.4) is 0 Å². The van der Waals surface area contributed by atoms with Crippen molar-refractivity contribution in [2.75, 3.05) is 16.3 Å². The zero-order valence-electron chi connectivity index (χ0n) is 11.9. The predicted molar refractivity (Wildman–Crippen MR) is 76.3 cm³/mol. The van der Waals surface area contributed by atoms with E-state index in [0.717, 1.165) is 11.4 Å². The number of rotatable bonds is 2. The van der Waals surface area contributed by atoms with Crippen LogP contribution in [0.25, 0.3) is 0 Å². The van der Waals surface area contributed by atoms with Gasteiger partial charge >= 0.3 is 0 Å². The highest BCUT2D eigenvalue weighted by Gasteiger charge is 2.34. The SMILES string of the molecule is CC(C)C(=O)N1CC(=O)N(C(C)C)c2ccccc21. The monoisotopic (exact) mass is 260 g/mol.